The topological polar surface area (TPSA) is 10.4 Å². The summed E-state index contributed by atoms with van der Waals surface area (Å²) in [5.74, 6) is 0. The van der Waals surface area contributed by atoms with Crippen LogP contribution in [0.3, 0.4) is 0 Å². The zero-order chi connectivity index (χ0) is 24.4. The Morgan fingerprint density at radius 3 is 2.57 bits per heavy atom. The van der Waals surface area contributed by atoms with Crippen LogP contribution in [0.1, 0.15) is 38.1 Å². The predicted molar refractivity (Wildman–Crippen MR) is 153 cm³/mol. The Hall–Kier alpha value is -2.76. The lowest BCUT2D eigenvalue weighted by Crippen LogP contribution is -2.33. The Morgan fingerprint density at radius 1 is 0.971 bits per heavy atom. The minimum Gasteiger partial charge on any atom is -0.377 e. The molecule has 5 rings (SSSR count). The second-order valence-electron chi connectivity index (χ2n) is 9.12. The maximum absolute atomic E-state index is 2.42. The number of rotatable bonds is 6. The molecule has 0 N–H and O–H groups in total. The van der Waals surface area contributed by atoms with E-state index in [9.17, 15) is 0 Å². The molecule has 1 aromatic heterocycles. The number of thioether (sulfide) groups is 1. The van der Waals surface area contributed by atoms with Crippen LogP contribution in [0.4, 0.5) is 5.69 Å². The second-order valence-corrected chi connectivity index (χ2v) is 11.2. The summed E-state index contributed by atoms with van der Waals surface area (Å²) in [6.07, 6.45) is 12.8. The van der Waals surface area contributed by atoms with Crippen LogP contribution in [-0.2, 0) is 6.54 Å². The number of benzene rings is 2. The van der Waals surface area contributed by atoms with Crippen molar-refractivity contribution in [3.8, 4) is 0 Å². The number of thiazole rings is 1. The Bertz CT molecular complexity index is 1360. The first-order chi connectivity index (χ1) is 17.1. The molecule has 5 heteroatoms. The van der Waals surface area contributed by atoms with Gasteiger partial charge >= 0.3 is 0 Å². The smallest absolute Gasteiger partial charge is 0.262 e. The largest absolute Gasteiger partial charge is 0.377 e. The number of para-hydroxylation sites is 2. The van der Waals surface area contributed by atoms with Crippen molar-refractivity contribution in [2.45, 2.75) is 44.6 Å². The minimum absolute atomic E-state index is 0.982. The lowest BCUT2D eigenvalue weighted by molar-refractivity contribution is -0.665. The molecule has 1 aliphatic carbocycles. The molecular weight excluding hydrogens is 466 g/mol. The quantitative estimate of drug-likeness (QED) is 0.323. The number of fused-ring (bicyclic) bond motifs is 2. The maximum Gasteiger partial charge on any atom is 0.262 e. The Morgan fingerprint density at radius 2 is 1.77 bits per heavy atom. The van der Waals surface area contributed by atoms with Crippen LogP contribution >= 0.6 is 23.1 Å². The van der Waals surface area contributed by atoms with E-state index in [1.54, 1.807) is 0 Å². The summed E-state index contributed by atoms with van der Waals surface area (Å²) in [4.78, 5) is 6.07. The Kier molecular flexibility index (Phi) is 7.17. The Balaban J connectivity index is 1.48. The van der Waals surface area contributed by atoms with E-state index in [1.807, 2.05) is 23.1 Å². The van der Waals surface area contributed by atoms with Crippen LogP contribution < -0.4 is 9.47 Å². The van der Waals surface area contributed by atoms with Gasteiger partial charge in [-0.15, -0.1) is 0 Å². The fraction of sp³-hybridized carbons (Fsp3) is 0.300. The highest BCUT2D eigenvalue weighted by molar-refractivity contribution is 8.03. The molecule has 0 radical (unpaired) electrons. The summed E-state index contributed by atoms with van der Waals surface area (Å²) in [5, 5.41) is 2.63. The van der Waals surface area contributed by atoms with E-state index in [1.165, 1.54) is 54.1 Å². The molecular formula is C30H34N3S2+. The molecule has 0 fully saturated rings. The number of hydrogen-bond acceptors (Lipinski definition) is 4. The van der Waals surface area contributed by atoms with Gasteiger partial charge in [-0.2, -0.15) is 4.57 Å². The van der Waals surface area contributed by atoms with Crippen molar-refractivity contribution in [2.75, 3.05) is 25.5 Å². The summed E-state index contributed by atoms with van der Waals surface area (Å²) >= 11 is 3.76. The third-order valence-corrected chi connectivity index (χ3v) is 8.97. The molecule has 3 aromatic rings. The van der Waals surface area contributed by atoms with E-state index in [0.29, 0.717) is 0 Å². The molecule has 1 aliphatic heterocycles. The van der Waals surface area contributed by atoms with E-state index in [-0.39, 0.29) is 0 Å². The fourth-order valence-electron chi connectivity index (χ4n) is 5.16. The first-order valence-corrected chi connectivity index (χ1v) is 14.2. The van der Waals surface area contributed by atoms with Gasteiger partial charge in [0.2, 0.25) is 5.52 Å². The molecule has 0 unspecified atom stereocenters. The van der Waals surface area contributed by atoms with Crippen molar-refractivity contribution in [3.05, 3.63) is 93.6 Å². The average molecular weight is 501 g/mol. The summed E-state index contributed by atoms with van der Waals surface area (Å²) in [6, 6.07) is 17.4. The van der Waals surface area contributed by atoms with Crippen molar-refractivity contribution in [2.24, 2.45) is 0 Å². The van der Waals surface area contributed by atoms with Gasteiger partial charge in [0, 0.05) is 43.4 Å². The Labute approximate surface area is 217 Å². The third-order valence-electron chi connectivity index (χ3n) is 6.71. The van der Waals surface area contributed by atoms with Crippen LogP contribution in [0.15, 0.2) is 93.5 Å². The molecule has 3 nitrogen and oxygen atoms in total. The number of nitrogens with zero attached hydrogens (tertiary/aromatic N) is 3. The highest BCUT2D eigenvalue weighted by atomic mass is 32.2. The first-order valence-electron chi connectivity index (χ1n) is 12.6. The van der Waals surface area contributed by atoms with E-state index in [0.717, 1.165) is 25.9 Å². The zero-order valence-corrected chi connectivity index (χ0v) is 22.8. The monoisotopic (exact) mass is 500 g/mol. The number of allylic oxidation sites excluding steroid dienone is 5. The molecule has 0 bridgehead atoms. The predicted octanol–water partition coefficient (Wildman–Crippen LogP) is 7.62. The van der Waals surface area contributed by atoms with Gasteiger partial charge in [-0.25, -0.2) is 0 Å². The molecule has 0 saturated carbocycles. The fourth-order valence-corrected chi connectivity index (χ4v) is 7.42. The summed E-state index contributed by atoms with van der Waals surface area (Å²) < 4.78 is 3.77. The normalized spacial score (nSPS) is 18.5. The van der Waals surface area contributed by atoms with Gasteiger partial charge in [-0.1, -0.05) is 53.4 Å². The van der Waals surface area contributed by atoms with Gasteiger partial charge in [0.15, 0.2) is 0 Å². The summed E-state index contributed by atoms with van der Waals surface area (Å²) in [6.45, 7) is 6.43. The van der Waals surface area contributed by atoms with Gasteiger partial charge in [0.05, 0.1) is 10.7 Å². The van der Waals surface area contributed by atoms with Crippen molar-refractivity contribution in [1.29, 1.82) is 0 Å². The van der Waals surface area contributed by atoms with Crippen LogP contribution in [-0.4, -0.2) is 25.5 Å². The van der Waals surface area contributed by atoms with E-state index < -0.39 is 0 Å². The molecule has 0 saturated heterocycles. The van der Waals surface area contributed by atoms with Gasteiger partial charge in [-0.3, -0.25) is 0 Å². The number of hydrogen-bond donors (Lipinski definition) is 0. The average Bonchev–Trinajstić information content (AvgIpc) is 3.42. The van der Waals surface area contributed by atoms with Crippen LogP contribution in [0, 0.1) is 0 Å². The third kappa shape index (κ3) is 4.72. The van der Waals surface area contributed by atoms with Crippen LogP contribution in [0.25, 0.3) is 16.3 Å². The van der Waals surface area contributed by atoms with Gasteiger partial charge in [0.1, 0.15) is 11.2 Å². The lowest BCUT2D eigenvalue weighted by Gasteiger charge is -2.27. The van der Waals surface area contributed by atoms with E-state index in [4.69, 9.17) is 0 Å². The maximum atomic E-state index is 2.42. The minimum atomic E-state index is 0.982. The molecule has 2 heterocycles. The lowest BCUT2D eigenvalue weighted by atomic mass is 9.90. The second kappa shape index (κ2) is 10.5. The van der Waals surface area contributed by atoms with Crippen LogP contribution in [0.5, 0.6) is 0 Å². The van der Waals surface area contributed by atoms with E-state index in [2.05, 4.69) is 115 Å². The molecule has 0 amide bonds. The number of aromatic nitrogens is 1. The number of anilines is 1. The van der Waals surface area contributed by atoms with Gasteiger partial charge in [-0.05, 0) is 74.6 Å². The molecule has 35 heavy (non-hydrogen) atoms. The van der Waals surface area contributed by atoms with Crippen molar-refractivity contribution in [3.63, 3.8) is 0 Å². The molecule has 0 spiro atoms. The molecule has 0 atom stereocenters. The van der Waals surface area contributed by atoms with Crippen molar-refractivity contribution in [1.82, 2.24) is 4.90 Å². The number of aryl methyl sites for hydroxylation is 1. The zero-order valence-electron chi connectivity index (χ0n) is 21.1. The summed E-state index contributed by atoms with van der Waals surface area (Å²) in [7, 11) is 4.36. The van der Waals surface area contributed by atoms with Gasteiger partial charge < -0.3 is 9.80 Å². The molecule has 180 valence electrons. The highest BCUT2D eigenvalue weighted by Crippen LogP contribution is 2.45. The van der Waals surface area contributed by atoms with Gasteiger partial charge in [0.25, 0.3) is 5.01 Å². The van der Waals surface area contributed by atoms with Crippen molar-refractivity contribution >= 4 is 45.1 Å². The highest BCUT2D eigenvalue weighted by Gasteiger charge is 2.24. The summed E-state index contributed by atoms with van der Waals surface area (Å²) in [5.41, 5.74) is 6.89. The first kappa shape index (κ1) is 24.0. The SMILES string of the molecule is CCN1C(=CC=C2CCCC(C=Cc3sc4ccccc4[n+]3CC)=C2N(C)C)Sc2ccccc21. The van der Waals surface area contributed by atoms with Crippen molar-refractivity contribution < 1.29 is 4.57 Å². The van der Waals surface area contributed by atoms with Crippen LogP contribution in [0.2, 0.25) is 0 Å². The van der Waals surface area contributed by atoms with E-state index >= 15 is 0 Å². The standard InChI is InChI=1S/C30H34N3S2/c1-5-32-24-14-7-9-16-26(24)34-28(32)20-18-22-12-11-13-23(30(22)31(3)4)19-21-29-33(6-2)25-15-8-10-17-27(25)35-29/h7-10,14-21H,5-6,11-13H2,1-4H3/q+1. The molecule has 2 aromatic carbocycles. The molecule has 2 aliphatic rings. The number of likely N-dealkylation sites (N-methyl/N-ethyl adjacent to an activating group) is 1.